The monoisotopic (exact) mass is 401 g/mol. The van der Waals surface area contributed by atoms with E-state index in [9.17, 15) is 9.59 Å². The van der Waals surface area contributed by atoms with Crippen LogP contribution in [-0.2, 0) is 4.79 Å². The van der Waals surface area contributed by atoms with Crippen LogP contribution in [0.25, 0.3) is 0 Å². The Morgan fingerprint density at radius 2 is 1.76 bits per heavy atom. The average molecular weight is 401 g/mol. The number of piperazine rings is 1. The highest BCUT2D eigenvalue weighted by molar-refractivity contribution is 14.1. The number of hydrogen-bond acceptors (Lipinski definition) is 3. The molecule has 0 unspecified atom stereocenters. The Morgan fingerprint density at radius 1 is 1.14 bits per heavy atom. The van der Waals surface area contributed by atoms with Gasteiger partial charge in [-0.25, -0.2) is 0 Å². The molecule has 2 amide bonds. The summed E-state index contributed by atoms with van der Waals surface area (Å²) in [7, 11) is 0. The number of amides is 2. The van der Waals surface area contributed by atoms with E-state index in [-0.39, 0.29) is 11.8 Å². The third kappa shape index (κ3) is 4.67. The van der Waals surface area contributed by atoms with Gasteiger partial charge in [0.05, 0.1) is 6.54 Å². The van der Waals surface area contributed by atoms with E-state index in [2.05, 4.69) is 32.8 Å². The van der Waals surface area contributed by atoms with Crippen LogP contribution in [0.15, 0.2) is 24.3 Å². The number of nitrogens with one attached hydrogen (secondary N) is 1. The molecule has 5 nitrogen and oxygen atoms in total. The number of halogens is 1. The Kier molecular flexibility index (Phi) is 5.98. The quantitative estimate of drug-likeness (QED) is 0.772. The van der Waals surface area contributed by atoms with Crippen LogP contribution >= 0.6 is 22.6 Å². The highest BCUT2D eigenvalue weighted by atomic mass is 127. The maximum absolute atomic E-state index is 12.4. The zero-order valence-corrected chi connectivity index (χ0v) is 14.3. The largest absolute Gasteiger partial charge is 0.355 e. The molecule has 1 N–H and O–H groups in total. The molecule has 0 spiro atoms. The van der Waals surface area contributed by atoms with E-state index in [1.54, 1.807) is 0 Å². The lowest BCUT2D eigenvalue weighted by molar-refractivity contribution is -0.122. The summed E-state index contributed by atoms with van der Waals surface area (Å²) >= 11 is 2.23. The van der Waals surface area contributed by atoms with Gasteiger partial charge in [0.25, 0.3) is 5.91 Å². The Hall–Kier alpha value is -1.15. The van der Waals surface area contributed by atoms with E-state index in [1.807, 2.05) is 36.1 Å². The highest BCUT2D eigenvalue weighted by Crippen LogP contribution is 2.11. The normalized spacial score (nSPS) is 15.8. The molecule has 0 radical (unpaired) electrons. The van der Waals surface area contributed by atoms with Crippen molar-refractivity contribution in [2.24, 2.45) is 0 Å². The second-order valence-corrected chi connectivity index (χ2v) is 6.27. The minimum atomic E-state index is 0.0508. The average Bonchev–Trinajstić information content (AvgIpc) is 2.48. The minimum absolute atomic E-state index is 0.0508. The van der Waals surface area contributed by atoms with E-state index in [1.165, 1.54) is 0 Å². The van der Waals surface area contributed by atoms with Crippen LogP contribution < -0.4 is 5.32 Å². The third-order valence-corrected chi connectivity index (χ3v) is 4.21. The number of rotatable bonds is 4. The van der Waals surface area contributed by atoms with Crippen molar-refractivity contribution in [3.63, 3.8) is 0 Å². The first-order valence-electron chi connectivity index (χ1n) is 7.14. The van der Waals surface area contributed by atoms with Crippen LogP contribution in [0.3, 0.4) is 0 Å². The summed E-state index contributed by atoms with van der Waals surface area (Å²) in [5, 5.41) is 2.80. The molecule has 0 aliphatic carbocycles. The van der Waals surface area contributed by atoms with E-state index in [0.717, 1.165) is 22.2 Å². The fourth-order valence-corrected chi connectivity index (χ4v) is 2.70. The molecule has 1 saturated heterocycles. The molecular weight excluding hydrogens is 381 g/mol. The van der Waals surface area contributed by atoms with Crippen molar-refractivity contribution < 1.29 is 9.59 Å². The zero-order chi connectivity index (χ0) is 15.2. The summed E-state index contributed by atoms with van der Waals surface area (Å²) in [5.74, 6) is 0.124. The smallest absolute Gasteiger partial charge is 0.253 e. The molecule has 1 aliphatic rings. The molecule has 1 aromatic rings. The van der Waals surface area contributed by atoms with Gasteiger partial charge >= 0.3 is 0 Å². The molecule has 0 aromatic heterocycles. The number of carbonyl (C=O) groups excluding carboxylic acids is 2. The molecule has 0 saturated carbocycles. The predicted octanol–water partition coefficient (Wildman–Crippen LogP) is 1.19. The van der Waals surface area contributed by atoms with Gasteiger partial charge in [0.15, 0.2) is 0 Å². The first kappa shape index (κ1) is 16.2. The van der Waals surface area contributed by atoms with Crippen LogP contribution in [0.4, 0.5) is 0 Å². The predicted molar refractivity (Wildman–Crippen MR) is 90.2 cm³/mol. The van der Waals surface area contributed by atoms with Gasteiger partial charge in [-0.05, 0) is 53.8 Å². The van der Waals surface area contributed by atoms with Gasteiger partial charge in [-0.15, -0.1) is 0 Å². The number of carbonyl (C=O) groups is 2. The van der Waals surface area contributed by atoms with E-state index in [4.69, 9.17) is 0 Å². The lowest BCUT2D eigenvalue weighted by Gasteiger charge is -2.34. The molecule has 114 valence electrons. The zero-order valence-electron chi connectivity index (χ0n) is 12.1. The molecule has 0 atom stereocenters. The van der Waals surface area contributed by atoms with Gasteiger partial charge < -0.3 is 10.2 Å². The topological polar surface area (TPSA) is 52.7 Å². The van der Waals surface area contributed by atoms with E-state index in [0.29, 0.717) is 26.2 Å². The summed E-state index contributed by atoms with van der Waals surface area (Å²) < 4.78 is 1.12. The number of benzene rings is 1. The van der Waals surface area contributed by atoms with Gasteiger partial charge in [0.2, 0.25) is 5.91 Å². The van der Waals surface area contributed by atoms with Gasteiger partial charge in [-0.1, -0.05) is 0 Å². The van der Waals surface area contributed by atoms with Crippen LogP contribution in [0.2, 0.25) is 0 Å². The lowest BCUT2D eigenvalue weighted by Crippen LogP contribution is -2.51. The summed E-state index contributed by atoms with van der Waals surface area (Å²) in [5.41, 5.74) is 0.729. The number of nitrogens with zero attached hydrogens (tertiary/aromatic N) is 2. The van der Waals surface area contributed by atoms with Gasteiger partial charge in [0.1, 0.15) is 0 Å². The maximum atomic E-state index is 12.4. The van der Waals surface area contributed by atoms with Crippen LogP contribution in [-0.4, -0.2) is 60.9 Å². The van der Waals surface area contributed by atoms with Gasteiger partial charge in [-0.3, -0.25) is 14.5 Å². The molecule has 1 aromatic carbocycles. The first-order valence-corrected chi connectivity index (χ1v) is 8.22. The Bertz CT molecular complexity index is 496. The Labute approximate surface area is 138 Å². The van der Waals surface area contributed by atoms with Crippen LogP contribution in [0.5, 0.6) is 0 Å². The van der Waals surface area contributed by atoms with Crippen molar-refractivity contribution in [3.8, 4) is 0 Å². The van der Waals surface area contributed by atoms with Crippen molar-refractivity contribution in [2.45, 2.75) is 6.92 Å². The Morgan fingerprint density at radius 3 is 2.33 bits per heavy atom. The third-order valence-electron chi connectivity index (χ3n) is 3.49. The second-order valence-electron chi connectivity index (χ2n) is 5.03. The molecule has 0 bridgehead atoms. The molecular formula is C15H20IN3O2. The molecule has 6 heteroatoms. The molecule has 1 fully saturated rings. The van der Waals surface area contributed by atoms with E-state index < -0.39 is 0 Å². The van der Waals surface area contributed by atoms with Crippen molar-refractivity contribution in [1.29, 1.82) is 0 Å². The van der Waals surface area contributed by atoms with Gasteiger partial charge in [0, 0.05) is 41.9 Å². The second kappa shape index (κ2) is 7.74. The van der Waals surface area contributed by atoms with Gasteiger partial charge in [-0.2, -0.15) is 0 Å². The van der Waals surface area contributed by atoms with Crippen molar-refractivity contribution in [2.75, 3.05) is 39.3 Å². The van der Waals surface area contributed by atoms with Crippen LogP contribution in [0, 0.1) is 3.57 Å². The molecule has 2 rings (SSSR count). The standard InChI is InChI=1S/C15H20IN3O2/c1-2-17-14(20)11-18-7-9-19(10-8-18)15(21)12-3-5-13(16)6-4-12/h3-6H,2,7-11H2,1H3,(H,17,20). The fourth-order valence-electron chi connectivity index (χ4n) is 2.34. The fraction of sp³-hybridized carbons (Fsp3) is 0.467. The van der Waals surface area contributed by atoms with Crippen molar-refractivity contribution in [3.05, 3.63) is 33.4 Å². The lowest BCUT2D eigenvalue weighted by atomic mass is 10.2. The van der Waals surface area contributed by atoms with E-state index >= 15 is 0 Å². The molecule has 21 heavy (non-hydrogen) atoms. The Balaban J connectivity index is 1.84. The minimum Gasteiger partial charge on any atom is -0.355 e. The van der Waals surface area contributed by atoms with Crippen molar-refractivity contribution in [1.82, 2.24) is 15.1 Å². The molecule has 1 aliphatic heterocycles. The highest BCUT2D eigenvalue weighted by Gasteiger charge is 2.22. The first-order chi connectivity index (χ1) is 10.1. The summed E-state index contributed by atoms with van der Waals surface area (Å²) in [6, 6.07) is 7.62. The number of likely N-dealkylation sites (N-methyl/N-ethyl adjacent to an activating group) is 1. The maximum Gasteiger partial charge on any atom is 0.253 e. The SMILES string of the molecule is CCNC(=O)CN1CCN(C(=O)c2ccc(I)cc2)CC1. The molecule has 1 heterocycles. The summed E-state index contributed by atoms with van der Waals surface area (Å²) in [6.07, 6.45) is 0. The van der Waals surface area contributed by atoms with Crippen LogP contribution in [0.1, 0.15) is 17.3 Å². The summed E-state index contributed by atoms with van der Waals surface area (Å²) in [6.45, 7) is 5.81. The number of hydrogen-bond donors (Lipinski definition) is 1. The summed E-state index contributed by atoms with van der Waals surface area (Å²) in [4.78, 5) is 27.9. The van der Waals surface area contributed by atoms with Crippen molar-refractivity contribution >= 4 is 34.4 Å².